The molecule has 1 aliphatic rings. The van der Waals surface area contributed by atoms with Gasteiger partial charge in [0.1, 0.15) is 0 Å². The van der Waals surface area contributed by atoms with E-state index in [0.717, 1.165) is 19.6 Å². The highest BCUT2D eigenvalue weighted by molar-refractivity contribution is 5.55. The minimum absolute atomic E-state index is 0.626. The summed E-state index contributed by atoms with van der Waals surface area (Å²) < 4.78 is 0. The molecule has 0 amide bonds. The number of aryl methyl sites for hydroxylation is 1. The third kappa shape index (κ3) is 2.68. The minimum atomic E-state index is 0.626. The van der Waals surface area contributed by atoms with Gasteiger partial charge in [-0.2, -0.15) is 0 Å². The third-order valence-electron chi connectivity index (χ3n) is 4.09. The fraction of sp³-hybridized carbons (Fsp3) is 0.600. The van der Waals surface area contributed by atoms with Gasteiger partial charge in [-0.15, -0.1) is 0 Å². The van der Waals surface area contributed by atoms with E-state index in [9.17, 15) is 0 Å². The molecule has 1 heterocycles. The zero-order valence-electron chi connectivity index (χ0n) is 11.8. The predicted molar refractivity (Wildman–Crippen MR) is 78.0 cm³/mol. The lowest BCUT2D eigenvalue weighted by Crippen LogP contribution is -2.51. The van der Waals surface area contributed by atoms with Crippen LogP contribution in [0.5, 0.6) is 0 Å². The van der Waals surface area contributed by atoms with Crippen LogP contribution < -0.4 is 10.6 Å². The van der Waals surface area contributed by atoms with E-state index < -0.39 is 0 Å². The summed E-state index contributed by atoms with van der Waals surface area (Å²) in [6, 6.07) is 7.28. The summed E-state index contributed by atoms with van der Waals surface area (Å²) in [5, 5.41) is 0. The number of likely N-dealkylation sites (N-methyl/N-ethyl adjacent to an activating group) is 1. The highest BCUT2D eigenvalue weighted by atomic mass is 15.3. The van der Waals surface area contributed by atoms with Crippen LogP contribution in [-0.4, -0.2) is 37.6 Å². The van der Waals surface area contributed by atoms with Crippen molar-refractivity contribution < 1.29 is 0 Å². The lowest BCUT2D eigenvalue weighted by Gasteiger charge is -2.41. The maximum atomic E-state index is 5.69. The number of piperazine rings is 1. The molecule has 0 spiro atoms. The van der Waals surface area contributed by atoms with Gasteiger partial charge >= 0.3 is 0 Å². The monoisotopic (exact) mass is 247 g/mol. The molecule has 0 radical (unpaired) electrons. The molecule has 1 fully saturated rings. The van der Waals surface area contributed by atoms with Gasteiger partial charge in [0.05, 0.1) is 0 Å². The highest BCUT2D eigenvalue weighted by Crippen LogP contribution is 2.24. The Morgan fingerprint density at radius 3 is 2.72 bits per heavy atom. The van der Waals surface area contributed by atoms with Crippen LogP contribution in [0.4, 0.5) is 5.69 Å². The third-order valence-corrected chi connectivity index (χ3v) is 4.09. The Hall–Kier alpha value is -1.06. The molecule has 0 aliphatic carbocycles. The summed E-state index contributed by atoms with van der Waals surface area (Å²) in [7, 11) is 2.23. The van der Waals surface area contributed by atoms with Gasteiger partial charge in [0.15, 0.2) is 0 Å². The van der Waals surface area contributed by atoms with Gasteiger partial charge in [0.25, 0.3) is 0 Å². The first-order chi connectivity index (χ1) is 8.65. The Morgan fingerprint density at radius 1 is 1.33 bits per heavy atom. The molecule has 1 aliphatic heterocycles. The first-order valence-electron chi connectivity index (χ1n) is 6.90. The molecule has 1 unspecified atom stereocenters. The van der Waals surface area contributed by atoms with Crippen molar-refractivity contribution in [3.8, 4) is 0 Å². The van der Waals surface area contributed by atoms with Crippen molar-refractivity contribution in [3.05, 3.63) is 29.3 Å². The lowest BCUT2D eigenvalue weighted by molar-refractivity contribution is 0.213. The standard InChI is InChI=1S/C15H25N3/c1-4-14-11-18(8-7-17(14)3)15-6-5-13(10-16)9-12(15)2/h5-6,9,14H,4,7-8,10-11,16H2,1-3H3. The summed E-state index contributed by atoms with van der Waals surface area (Å²) in [5.41, 5.74) is 9.63. The Bertz CT molecular complexity index is 403. The number of nitrogens with two attached hydrogens (primary N) is 1. The Balaban J connectivity index is 2.16. The number of nitrogens with zero attached hydrogens (tertiary/aromatic N) is 2. The van der Waals surface area contributed by atoms with Crippen molar-refractivity contribution in [2.24, 2.45) is 5.73 Å². The number of hydrogen-bond acceptors (Lipinski definition) is 3. The molecule has 1 aromatic carbocycles. The van der Waals surface area contributed by atoms with Gasteiger partial charge < -0.3 is 10.6 Å². The van der Waals surface area contributed by atoms with Crippen LogP contribution in [0.15, 0.2) is 18.2 Å². The number of anilines is 1. The normalized spacial score (nSPS) is 21.3. The summed E-state index contributed by atoms with van der Waals surface area (Å²) in [4.78, 5) is 4.99. The van der Waals surface area contributed by atoms with E-state index in [1.54, 1.807) is 0 Å². The lowest BCUT2D eigenvalue weighted by atomic mass is 10.1. The molecule has 2 rings (SSSR count). The fourth-order valence-corrected chi connectivity index (χ4v) is 2.81. The summed E-state index contributed by atoms with van der Waals surface area (Å²) in [5.74, 6) is 0. The minimum Gasteiger partial charge on any atom is -0.368 e. The van der Waals surface area contributed by atoms with Crippen LogP contribution in [0, 0.1) is 6.92 Å². The smallest absolute Gasteiger partial charge is 0.0397 e. The van der Waals surface area contributed by atoms with E-state index in [0.29, 0.717) is 12.6 Å². The maximum Gasteiger partial charge on any atom is 0.0397 e. The quantitative estimate of drug-likeness (QED) is 0.886. The van der Waals surface area contributed by atoms with Crippen molar-refractivity contribution in [1.29, 1.82) is 0 Å². The van der Waals surface area contributed by atoms with E-state index in [2.05, 4.69) is 48.9 Å². The number of hydrogen-bond donors (Lipinski definition) is 1. The zero-order valence-corrected chi connectivity index (χ0v) is 11.8. The van der Waals surface area contributed by atoms with Crippen molar-refractivity contribution in [1.82, 2.24) is 4.90 Å². The van der Waals surface area contributed by atoms with Gasteiger partial charge in [-0.1, -0.05) is 19.1 Å². The van der Waals surface area contributed by atoms with E-state index in [1.165, 1.54) is 23.2 Å². The van der Waals surface area contributed by atoms with Crippen LogP contribution in [-0.2, 0) is 6.54 Å². The van der Waals surface area contributed by atoms with Crippen molar-refractivity contribution in [2.45, 2.75) is 32.9 Å². The van der Waals surface area contributed by atoms with Crippen LogP contribution in [0.1, 0.15) is 24.5 Å². The number of rotatable bonds is 3. The van der Waals surface area contributed by atoms with Crippen LogP contribution in [0.2, 0.25) is 0 Å². The first-order valence-corrected chi connectivity index (χ1v) is 6.90. The molecule has 0 aromatic heterocycles. The second kappa shape index (κ2) is 5.72. The molecular formula is C15H25N3. The van der Waals surface area contributed by atoms with Gasteiger partial charge in [-0.3, -0.25) is 4.90 Å². The molecule has 2 N–H and O–H groups in total. The Labute approximate surface area is 111 Å². The number of benzene rings is 1. The van der Waals surface area contributed by atoms with E-state index in [1.807, 2.05) is 0 Å². The second-order valence-electron chi connectivity index (χ2n) is 5.31. The highest BCUT2D eigenvalue weighted by Gasteiger charge is 2.23. The molecular weight excluding hydrogens is 222 g/mol. The maximum absolute atomic E-state index is 5.69. The van der Waals surface area contributed by atoms with Crippen molar-refractivity contribution >= 4 is 5.69 Å². The van der Waals surface area contributed by atoms with Gasteiger partial charge in [-0.05, 0) is 37.6 Å². The SMILES string of the molecule is CCC1CN(c2ccc(CN)cc2C)CCN1C. The average molecular weight is 247 g/mol. The Morgan fingerprint density at radius 2 is 2.11 bits per heavy atom. The first kappa shape index (κ1) is 13.4. The van der Waals surface area contributed by atoms with Crippen LogP contribution in [0.3, 0.4) is 0 Å². The van der Waals surface area contributed by atoms with E-state index in [4.69, 9.17) is 5.73 Å². The van der Waals surface area contributed by atoms with Gasteiger partial charge in [-0.25, -0.2) is 0 Å². The molecule has 100 valence electrons. The van der Waals surface area contributed by atoms with Crippen LogP contribution >= 0.6 is 0 Å². The summed E-state index contributed by atoms with van der Waals surface area (Å²) in [6.45, 7) is 8.49. The van der Waals surface area contributed by atoms with Gasteiger partial charge in [0, 0.05) is 37.9 Å². The topological polar surface area (TPSA) is 32.5 Å². The molecule has 0 bridgehead atoms. The summed E-state index contributed by atoms with van der Waals surface area (Å²) >= 11 is 0. The molecule has 1 atom stereocenters. The molecule has 0 saturated carbocycles. The average Bonchev–Trinajstić information content (AvgIpc) is 2.39. The van der Waals surface area contributed by atoms with Crippen LogP contribution in [0.25, 0.3) is 0 Å². The van der Waals surface area contributed by atoms with E-state index >= 15 is 0 Å². The Kier molecular flexibility index (Phi) is 4.25. The van der Waals surface area contributed by atoms with Crippen molar-refractivity contribution in [2.75, 3.05) is 31.6 Å². The molecule has 3 nitrogen and oxygen atoms in total. The molecule has 1 saturated heterocycles. The van der Waals surface area contributed by atoms with Crippen molar-refractivity contribution in [3.63, 3.8) is 0 Å². The summed E-state index contributed by atoms with van der Waals surface area (Å²) in [6.07, 6.45) is 1.22. The van der Waals surface area contributed by atoms with Gasteiger partial charge in [0.2, 0.25) is 0 Å². The predicted octanol–water partition coefficient (Wildman–Crippen LogP) is 1.98. The second-order valence-corrected chi connectivity index (χ2v) is 5.31. The largest absolute Gasteiger partial charge is 0.368 e. The zero-order chi connectivity index (χ0) is 13.1. The molecule has 3 heteroatoms. The van der Waals surface area contributed by atoms with E-state index in [-0.39, 0.29) is 0 Å². The molecule has 1 aromatic rings. The fourth-order valence-electron chi connectivity index (χ4n) is 2.81. The molecule has 18 heavy (non-hydrogen) atoms.